The summed E-state index contributed by atoms with van der Waals surface area (Å²) in [5.41, 5.74) is 2.37. The Balaban J connectivity index is 1.04. The van der Waals surface area contributed by atoms with Gasteiger partial charge in [-0.2, -0.15) is 0 Å². The van der Waals surface area contributed by atoms with Gasteiger partial charge in [-0.15, -0.1) is 46.2 Å². The quantitative estimate of drug-likeness (QED) is 0.256. The SMILES string of the molecule is OC(Cc1ccccc1)c1cc2c(s1)C1CC3Sc4cc(C(O)Cc5ccccc5)sc4C3CC1S2. The van der Waals surface area contributed by atoms with Crippen molar-refractivity contribution >= 4 is 46.2 Å². The Morgan fingerprint density at radius 1 is 0.639 bits per heavy atom. The number of thiophene rings is 2. The molecule has 0 saturated heterocycles. The zero-order valence-corrected chi connectivity index (χ0v) is 23.0. The number of thioether (sulfide) groups is 2. The highest BCUT2D eigenvalue weighted by molar-refractivity contribution is 8.01. The normalized spacial score (nSPS) is 25.6. The van der Waals surface area contributed by atoms with Crippen molar-refractivity contribution in [2.45, 2.75) is 70.0 Å². The molecule has 6 unspecified atom stereocenters. The van der Waals surface area contributed by atoms with E-state index in [1.165, 1.54) is 43.5 Å². The van der Waals surface area contributed by atoms with Gasteiger partial charge in [-0.25, -0.2) is 0 Å². The molecule has 2 aliphatic heterocycles. The molecule has 6 heteroatoms. The maximum absolute atomic E-state index is 10.9. The van der Waals surface area contributed by atoms with Crippen LogP contribution in [0.15, 0.2) is 82.6 Å². The molecule has 7 rings (SSSR count). The fraction of sp³-hybridized carbons (Fsp3) is 0.333. The molecule has 0 bridgehead atoms. The first-order chi connectivity index (χ1) is 17.6. The minimum absolute atomic E-state index is 0.424. The second-order valence-corrected chi connectivity index (χ2v) is 15.0. The van der Waals surface area contributed by atoms with Crippen LogP contribution in [0.5, 0.6) is 0 Å². The van der Waals surface area contributed by atoms with Gasteiger partial charge in [0, 0.05) is 64.5 Å². The molecule has 2 aromatic carbocycles. The number of hydrogen-bond acceptors (Lipinski definition) is 6. The van der Waals surface area contributed by atoms with Gasteiger partial charge in [-0.3, -0.25) is 0 Å². The van der Waals surface area contributed by atoms with Gasteiger partial charge in [0.2, 0.25) is 0 Å². The van der Waals surface area contributed by atoms with Crippen molar-refractivity contribution in [3.8, 4) is 0 Å². The van der Waals surface area contributed by atoms with Crippen molar-refractivity contribution in [1.29, 1.82) is 0 Å². The molecule has 0 spiro atoms. The van der Waals surface area contributed by atoms with Crippen molar-refractivity contribution in [1.82, 2.24) is 0 Å². The molecule has 1 fully saturated rings. The van der Waals surface area contributed by atoms with Crippen LogP contribution in [-0.4, -0.2) is 20.7 Å². The topological polar surface area (TPSA) is 40.5 Å². The van der Waals surface area contributed by atoms with Gasteiger partial charge >= 0.3 is 0 Å². The third-order valence-corrected chi connectivity index (χ3v) is 13.6. The largest absolute Gasteiger partial charge is 0.387 e. The fourth-order valence-electron chi connectivity index (χ4n) is 5.99. The minimum Gasteiger partial charge on any atom is -0.387 e. The van der Waals surface area contributed by atoms with E-state index in [0.717, 1.165) is 9.75 Å². The van der Waals surface area contributed by atoms with Gasteiger partial charge in [0.25, 0.3) is 0 Å². The third-order valence-electron chi connectivity index (χ3n) is 7.79. The lowest BCUT2D eigenvalue weighted by Gasteiger charge is -2.34. The molecule has 2 nitrogen and oxygen atoms in total. The van der Waals surface area contributed by atoms with Crippen molar-refractivity contribution < 1.29 is 10.2 Å². The predicted molar refractivity (Wildman–Crippen MR) is 153 cm³/mol. The average Bonchev–Trinajstić information content (AvgIpc) is 3.63. The highest BCUT2D eigenvalue weighted by Gasteiger charge is 2.48. The Kier molecular flexibility index (Phi) is 6.31. The van der Waals surface area contributed by atoms with Crippen LogP contribution >= 0.6 is 46.2 Å². The maximum atomic E-state index is 10.9. The standard InChI is InChI=1S/C30H28O2S4/c31-21(11-17-7-3-1-4-8-17)25-15-27-29(35-25)19-13-24-20(14-23(19)33-27)30-28(34-24)16-26(36-30)22(32)12-18-9-5-2-6-10-18/h1-10,15-16,19-24,31-32H,11-14H2. The van der Waals surface area contributed by atoms with E-state index in [0.29, 0.717) is 35.2 Å². The molecule has 4 aromatic rings. The van der Waals surface area contributed by atoms with Crippen molar-refractivity contribution in [3.63, 3.8) is 0 Å². The van der Waals surface area contributed by atoms with Gasteiger partial charge in [0.1, 0.15) is 0 Å². The number of hydrogen-bond donors (Lipinski definition) is 2. The molecule has 184 valence electrons. The van der Waals surface area contributed by atoms with E-state index in [1.54, 1.807) is 0 Å². The highest BCUT2D eigenvalue weighted by Crippen LogP contribution is 2.64. The smallest absolute Gasteiger partial charge is 0.0922 e. The van der Waals surface area contributed by atoms with Crippen LogP contribution in [-0.2, 0) is 12.8 Å². The van der Waals surface area contributed by atoms with Crippen LogP contribution in [0, 0.1) is 0 Å². The molecule has 2 aromatic heterocycles. The second kappa shape index (κ2) is 9.64. The summed E-state index contributed by atoms with van der Waals surface area (Å²) in [5.74, 6) is 1.22. The summed E-state index contributed by atoms with van der Waals surface area (Å²) in [6, 6.07) is 25.1. The second-order valence-electron chi connectivity index (χ2n) is 10.2. The van der Waals surface area contributed by atoms with Crippen molar-refractivity contribution in [3.05, 3.63) is 103 Å². The van der Waals surface area contributed by atoms with Crippen molar-refractivity contribution in [2.75, 3.05) is 0 Å². The summed E-state index contributed by atoms with van der Waals surface area (Å²) < 4.78 is 0. The van der Waals surface area contributed by atoms with E-state index < -0.39 is 12.2 Å². The first-order valence-electron chi connectivity index (χ1n) is 12.7. The van der Waals surface area contributed by atoms with Crippen LogP contribution < -0.4 is 0 Å². The predicted octanol–water partition coefficient (Wildman–Crippen LogP) is 7.97. The lowest BCUT2D eigenvalue weighted by molar-refractivity contribution is 0.182. The molecule has 1 saturated carbocycles. The van der Waals surface area contributed by atoms with E-state index in [1.807, 2.05) is 82.6 Å². The first-order valence-corrected chi connectivity index (χ1v) is 16.1. The van der Waals surface area contributed by atoms with Gasteiger partial charge in [0.05, 0.1) is 12.2 Å². The van der Waals surface area contributed by atoms with Crippen LogP contribution in [0.3, 0.4) is 0 Å². The molecule has 36 heavy (non-hydrogen) atoms. The molecular weight excluding hydrogens is 521 g/mol. The summed E-state index contributed by atoms with van der Waals surface area (Å²) in [7, 11) is 0. The molecule has 4 heterocycles. The molecule has 6 atom stereocenters. The Morgan fingerprint density at radius 2 is 1.06 bits per heavy atom. The summed E-state index contributed by atoms with van der Waals surface area (Å²) in [6.45, 7) is 0. The van der Waals surface area contributed by atoms with Crippen LogP contribution in [0.4, 0.5) is 0 Å². The molecule has 0 radical (unpaired) electrons. The van der Waals surface area contributed by atoms with E-state index in [9.17, 15) is 10.2 Å². The zero-order valence-electron chi connectivity index (χ0n) is 19.7. The maximum Gasteiger partial charge on any atom is 0.0922 e. The Hall–Kier alpha value is -1.54. The summed E-state index contributed by atoms with van der Waals surface area (Å²) in [5, 5.41) is 23.1. The molecule has 3 aliphatic rings. The van der Waals surface area contributed by atoms with Gasteiger partial charge in [0.15, 0.2) is 0 Å². The number of aliphatic hydroxyl groups is 2. The Morgan fingerprint density at radius 3 is 1.47 bits per heavy atom. The average molecular weight is 549 g/mol. The van der Waals surface area contributed by atoms with E-state index in [4.69, 9.17) is 0 Å². The lowest BCUT2D eigenvalue weighted by Crippen LogP contribution is -2.28. The molecule has 2 N–H and O–H groups in total. The first kappa shape index (κ1) is 23.6. The monoisotopic (exact) mass is 548 g/mol. The zero-order chi connectivity index (χ0) is 24.2. The van der Waals surface area contributed by atoms with Crippen LogP contribution in [0.1, 0.15) is 67.5 Å². The number of benzene rings is 2. The molecular formula is C30H28O2S4. The van der Waals surface area contributed by atoms with E-state index in [-0.39, 0.29) is 0 Å². The fourth-order valence-corrected chi connectivity index (χ4v) is 12.3. The lowest BCUT2D eigenvalue weighted by atomic mass is 9.80. The van der Waals surface area contributed by atoms with Gasteiger partial charge in [-0.05, 0) is 36.1 Å². The van der Waals surface area contributed by atoms with Gasteiger partial charge < -0.3 is 10.2 Å². The van der Waals surface area contributed by atoms with Crippen LogP contribution in [0.2, 0.25) is 0 Å². The minimum atomic E-state index is -0.424. The van der Waals surface area contributed by atoms with Crippen LogP contribution in [0.25, 0.3) is 0 Å². The van der Waals surface area contributed by atoms with E-state index >= 15 is 0 Å². The molecule has 1 aliphatic carbocycles. The summed E-state index contributed by atoms with van der Waals surface area (Å²) in [6.07, 6.45) is 2.95. The van der Waals surface area contributed by atoms with Gasteiger partial charge in [-0.1, -0.05) is 60.7 Å². The number of fused-ring (bicyclic) bond motifs is 6. The highest BCUT2D eigenvalue weighted by atomic mass is 32.2. The molecule has 0 amide bonds. The summed E-state index contributed by atoms with van der Waals surface area (Å²) in [4.78, 5) is 8.08. The Labute approximate surface area is 228 Å². The Bertz CT molecular complexity index is 1260. The number of aliphatic hydroxyl groups excluding tert-OH is 2. The van der Waals surface area contributed by atoms with E-state index in [2.05, 4.69) is 36.4 Å². The summed E-state index contributed by atoms with van der Waals surface area (Å²) >= 11 is 7.80. The third kappa shape index (κ3) is 4.30. The number of rotatable bonds is 6. The van der Waals surface area contributed by atoms with Crippen molar-refractivity contribution in [2.24, 2.45) is 0 Å².